The number of likely N-dealkylation sites (N-methyl/N-ethyl adjacent to an activating group) is 1. The molecule has 110 valence electrons. The van der Waals surface area contributed by atoms with Crippen molar-refractivity contribution in [2.75, 3.05) is 33.4 Å². The maximum Gasteiger partial charge on any atom is 0.253 e. The minimum absolute atomic E-state index is 0.0410. The van der Waals surface area contributed by atoms with Crippen LogP contribution in [0.15, 0.2) is 24.3 Å². The van der Waals surface area contributed by atoms with Gasteiger partial charge in [-0.2, -0.15) is 0 Å². The minimum atomic E-state index is 0.0410. The summed E-state index contributed by atoms with van der Waals surface area (Å²) in [5, 5.41) is 0. The van der Waals surface area contributed by atoms with Gasteiger partial charge in [-0.05, 0) is 49.4 Å². The highest BCUT2D eigenvalue weighted by atomic mass is 16.5. The number of benzene rings is 1. The number of rotatable bonds is 8. The van der Waals surface area contributed by atoms with Crippen LogP contribution in [0.25, 0.3) is 0 Å². The summed E-state index contributed by atoms with van der Waals surface area (Å²) in [4.78, 5) is 13.9. The number of carbonyl (C=O) groups excluding carboxylic acids is 1. The molecule has 0 atom stereocenters. The van der Waals surface area contributed by atoms with Crippen molar-refractivity contribution in [3.63, 3.8) is 0 Å². The lowest BCUT2D eigenvalue weighted by Gasteiger charge is -2.17. The second kappa shape index (κ2) is 7.41. The standard InChI is InChI=1S/C16H24N2O2/c1-18(10-11-20-12-14-2-3-14)16(19)15-6-4-13(5-7-15)8-9-17/h4-7,14H,2-3,8-12,17H2,1H3. The minimum Gasteiger partial charge on any atom is -0.379 e. The van der Waals surface area contributed by atoms with Crippen molar-refractivity contribution in [2.24, 2.45) is 11.7 Å². The van der Waals surface area contributed by atoms with Gasteiger partial charge in [-0.3, -0.25) is 4.79 Å². The molecule has 2 N–H and O–H groups in total. The smallest absolute Gasteiger partial charge is 0.253 e. The Kier molecular flexibility index (Phi) is 5.56. The summed E-state index contributed by atoms with van der Waals surface area (Å²) < 4.78 is 5.56. The van der Waals surface area contributed by atoms with E-state index in [0.717, 1.165) is 24.5 Å². The molecule has 1 amide bonds. The number of hydrogen-bond acceptors (Lipinski definition) is 3. The molecule has 1 aliphatic carbocycles. The first-order chi connectivity index (χ1) is 9.70. The van der Waals surface area contributed by atoms with E-state index in [9.17, 15) is 4.79 Å². The zero-order valence-electron chi connectivity index (χ0n) is 12.2. The molecule has 0 spiro atoms. The van der Waals surface area contributed by atoms with Gasteiger partial charge >= 0.3 is 0 Å². The lowest BCUT2D eigenvalue weighted by molar-refractivity contribution is 0.0681. The number of nitrogens with zero attached hydrogens (tertiary/aromatic N) is 1. The highest BCUT2D eigenvalue weighted by Gasteiger charge is 2.21. The Hall–Kier alpha value is -1.39. The van der Waals surface area contributed by atoms with E-state index in [1.54, 1.807) is 4.90 Å². The first-order valence-corrected chi connectivity index (χ1v) is 7.33. The molecule has 1 saturated carbocycles. The number of amides is 1. The van der Waals surface area contributed by atoms with E-state index in [2.05, 4.69) is 0 Å². The molecule has 4 nitrogen and oxygen atoms in total. The largest absolute Gasteiger partial charge is 0.379 e. The second-order valence-electron chi connectivity index (χ2n) is 5.48. The molecule has 1 aromatic rings. The fourth-order valence-corrected chi connectivity index (χ4v) is 2.04. The van der Waals surface area contributed by atoms with Gasteiger partial charge in [0, 0.05) is 25.8 Å². The van der Waals surface area contributed by atoms with E-state index in [1.807, 2.05) is 31.3 Å². The van der Waals surface area contributed by atoms with Crippen LogP contribution >= 0.6 is 0 Å². The van der Waals surface area contributed by atoms with Crippen molar-refractivity contribution in [3.05, 3.63) is 35.4 Å². The Labute approximate surface area is 120 Å². The van der Waals surface area contributed by atoms with Gasteiger partial charge in [-0.25, -0.2) is 0 Å². The van der Waals surface area contributed by atoms with Gasteiger partial charge in [0.2, 0.25) is 0 Å². The third-order valence-electron chi connectivity index (χ3n) is 3.60. The third-order valence-corrected chi connectivity index (χ3v) is 3.60. The summed E-state index contributed by atoms with van der Waals surface area (Å²) in [6.45, 7) is 2.72. The molecule has 4 heteroatoms. The van der Waals surface area contributed by atoms with Crippen LogP contribution in [-0.2, 0) is 11.2 Å². The Morgan fingerprint density at radius 3 is 2.65 bits per heavy atom. The van der Waals surface area contributed by atoms with Crippen molar-refractivity contribution in [2.45, 2.75) is 19.3 Å². The molecule has 0 aromatic heterocycles. The van der Waals surface area contributed by atoms with E-state index in [4.69, 9.17) is 10.5 Å². The van der Waals surface area contributed by atoms with Gasteiger partial charge in [-0.1, -0.05) is 12.1 Å². The molecule has 1 fully saturated rings. The lowest BCUT2D eigenvalue weighted by atomic mass is 10.1. The van der Waals surface area contributed by atoms with Crippen molar-refractivity contribution in [1.29, 1.82) is 0 Å². The van der Waals surface area contributed by atoms with Gasteiger partial charge in [0.15, 0.2) is 0 Å². The van der Waals surface area contributed by atoms with Crippen LogP contribution in [-0.4, -0.2) is 44.2 Å². The predicted octanol–water partition coefficient (Wildman–Crippen LogP) is 1.69. The number of ether oxygens (including phenoxy) is 1. The van der Waals surface area contributed by atoms with E-state index >= 15 is 0 Å². The van der Waals surface area contributed by atoms with Crippen LogP contribution < -0.4 is 5.73 Å². The van der Waals surface area contributed by atoms with Crippen LogP contribution in [0.5, 0.6) is 0 Å². The van der Waals surface area contributed by atoms with Crippen LogP contribution in [0.4, 0.5) is 0 Å². The quantitative estimate of drug-likeness (QED) is 0.735. The molecule has 0 saturated heterocycles. The van der Waals surface area contributed by atoms with Gasteiger partial charge < -0.3 is 15.4 Å². The van der Waals surface area contributed by atoms with Crippen LogP contribution in [0, 0.1) is 5.92 Å². The lowest BCUT2D eigenvalue weighted by Crippen LogP contribution is -2.30. The molecule has 0 aliphatic heterocycles. The van der Waals surface area contributed by atoms with Crippen molar-refractivity contribution in [3.8, 4) is 0 Å². The molecule has 1 aromatic carbocycles. The van der Waals surface area contributed by atoms with Crippen LogP contribution in [0.3, 0.4) is 0 Å². The Morgan fingerprint density at radius 1 is 1.35 bits per heavy atom. The van der Waals surface area contributed by atoms with Crippen molar-refractivity contribution in [1.82, 2.24) is 4.90 Å². The Balaban J connectivity index is 1.75. The number of carbonyl (C=O) groups is 1. The molecule has 1 aliphatic rings. The zero-order valence-corrected chi connectivity index (χ0v) is 12.2. The fourth-order valence-electron chi connectivity index (χ4n) is 2.04. The summed E-state index contributed by atoms with van der Waals surface area (Å²) in [5.41, 5.74) is 7.40. The summed E-state index contributed by atoms with van der Waals surface area (Å²) >= 11 is 0. The second-order valence-corrected chi connectivity index (χ2v) is 5.48. The van der Waals surface area contributed by atoms with Crippen LogP contribution in [0.1, 0.15) is 28.8 Å². The topological polar surface area (TPSA) is 55.6 Å². The van der Waals surface area contributed by atoms with E-state index in [-0.39, 0.29) is 5.91 Å². The molecule has 20 heavy (non-hydrogen) atoms. The van der Waals surface area contributed by atoms with Crippen molar-refractivity contribution >= 4 is 5.91 Å². The average molecular weight is 276 g/mol. The van der Waals surface area contributed by atoms with Crippen molar-refractivity contribution < 1.29 is 9.53 Å². The fraction of sp³-hybridized carbons (Fsp3) is 0.562. The molecule has 0 radical (unpaired) electrons. The molecule has 0 unspecified atom stereocenters. The number of nitrogens with two attached hydrogens (primary N) is 1. The molecular weight excluding hydrogens is 252 g/mol. The first kappa shape index (κ1) is 15.0. The molecule has 0 heterocycles. The van der Waals surface area contributed by atoms with E-state index in [1.165, 1.54) is 18.4 Å². The normalized spacial score (nSPS) is 14.3. The molecule has 0 bridgehead atoms. The molecule has 2 rings (SSSR count). The zero-order chi connectivity index (χ0) is 14.4. The summed E-state index contributed by atoms with van der Waals surface area (Å²) in [7, 11) is 1.82. The maximum atomic E-state index is 12.2. The third kappa shape index (κ3) is 4.62. The Morgan fingerprint density at radius 2 is 2.05 bits per heavy atom. The highest BCUT2D eigenvalue weighted by molar-refractivity contribution is 5.94. The first-order valence-electron chi connectivity index (χ1n) is 7.33. The van der Waals surface area contributed by atoms with Crippen LogP contribution in [0.2, 0.25) is 0 Å². The SMILES string of the molecule is CN(CCOCC1CC1)C(=O)c1ccc(CCN)cc1. The maximum absolute atomic E-state index is 12.2. The predicted molar refractivity (Wildman–Crippen MR) is 79.7 cm³/mol. The molecular formula is C16H24N2O2. The van der Waals surface area contributed by atoms with E-state index < -0.39 is 0 Å². The van der Waals surface area contributed by atoms with Gasteiger partial charge in [0.25, 0.3) is 5.91 Å². The summed E-state index contributed by atoms with van der Waals surface area (Å²) in [5.74, 6) is 0.811. The number of hydrogen-bond donors (Lipinski definition) is 1. The highest BCUT2D eigenvalue weighted by Crippen LogP contribution is 2.28. The Bertz CT molecular complexity index is 427. The summed E-state index contributed by atoms with van der Waals surface area (Å²) in [6.07, 6.45) is 3.44. The average Bonchev–Trinajstić information content (AvgIpc) is 3.28. The van der Waals surface area contributed by atoms with Gasteiger partial charge in [0.05, 0.1) is 6.61 Å². The monoisotopic (exact) mass is 276 g/mol. The van der Waals surface area contributed by atoms with Gasteiger partial charge in [0.1, 0.15) is 0 Å². The van der Waals surface area contributed by atoms with Gasteiger partial charge in [-0.15, -0.1) is 0 Å². The summed E-state index contributed by atoms with van der Waals surface area (Å²) in [6, 6.07) is 7.68. The van der Waals surface area contributed by atoms with E-state index in [0.29, 0.717) is 19.7 Å².